The molecule has 1 rings (SSSR count). The molecule has 4 nitrogen and oxygen atoms in total. The average molecular weight is 186 g/mol. The lowest BCUT2D eigenvalue weighted by atomic mass is 10.2. The maximum Gasteiger partial charge on any atom is 0.365 e. The van der Waals surface area contributed by atoms with Crippen LogP contribution in [0.3, 0.4) is 0 Å². The number of ketones is 1. The summed E-state index contributed by atoms with van der Waals surface area (Å²) in [6.07, 6.45) is 3.26. The van der Waals surface area contributed by atoms with Crippen molar-refractivity contribution in [1.82, 2.24) is 0 Å². The number of hydrogen-bond acceptors (Lipinski definition) is 4. The predicted molar refractivity (Wildman–Crippen MR) is 45.4 cm³/mol. The van der Waals surface area contributed by atoms with E-state index in [4.69, 9.17) is 9.47 Å². The molecule has 0 radical (unpaired) electrons. The van der Waals surface area contributed by atoms with Crippen molar-refractivity contribution in [2.24, 2.45) is 0 Å². The van der Waals surface area contributed by atoms with E-state index in [2.05, 4.69) is 0 Å². The number of aliphatic hydroxyl groups is 1. The van der Waals surface area contributed by atoms with Crippen LogP contribution in [-0.4, -0.2) is 16.9 Å². The van der Waals surface area contributed by atoms with Gasteiger partial charge in [-0.3, -0.25) is 0 Å². The lowest BCUT2D eigenvalue weighted by molar-refractivity contribution is -0.285. The van der Waals surface area contributed by atoms with Crippen molar-refractivity contribution in [3.63, 3.8) is 0 Å². The van der Waals surface area contributed by atoms with Gasteiger partial charge in [-0.2, -0.15) is 0 Å². The lowest BCUT2D eigenvalue weighted by Gasteiger charge is -2.15. The Hall–Kier alpha value is -1.03. The van der Waals surface area contributed by atoms with E-state index < -0.39 is 5.97 Å². The fourth-order valence-electron chi connectivity index (χ4n) is 1.09. The third-order valence-corrected chi connectivity index (χ3v) is 1.68. The van der Waals surface area contributed by atoms with Crippen LogP contribution in [0.2, 0.25) is 0 Å². The number of hydrogen-bond donors (Lipinski definition) is 1. The van der Waals surface area contributed by atoms with Crippen LogP contribution in [0.5, 0.6) is 0 Å². The Morgan fingerprint density at radius 1 is 1.69 bits per heavy atom. The second kappa shape index (κ2) is 3.79. The molecule has 0 aromatic rings. The molecule has 1 unspecified atom stereocenters. The molecule has 1 N–H and O–H groups in total. The summed E-state index contributed by atoms with van der Waals surface area (Å²) in [5.41, 5.74) is 0. The summed E-state index contributed by atoms with van der Waals surface area (Å²) in [6, 6.07) is 0. The minimum Gasteiger partial charge on any atom is -0.435 e. The monoisotopic (exact) mass is 186 g/mol. The Morgan fingerprint density at radius 2 is 2.38 bits per heavy atom. The van der Waals surface area contributed by atoms with Crippen molar-refractivity contribution < 1.29 is 19.4 Å². The normalized spacial score (nSPS) is 26.2. The fourth-order valence-corrected chi connectivity index (χ4v) is 1.09. The number of allylic oxidation sites excluding steroid dienone is 1. The summed E-state index contributed by atoms with van der Waals surface area (Å²) in [7, 11) is 0. The van der Waals surface area contributed by atoms with E-state index in [1.807, 2.05) is 0 Å². The molecule has 13 heavy (non-hydrogen) atoms. The molecule has 1 aliphatic heterocycles. The molecule has 4 heteroatoms. The highest BCUT2D eigenvalue weighted by molar-refractivity contribution is 5.75. The van der Waals surface area contributed by atoms with Gasteiger partial charge in [0.25, 0.3) is 0 Å². The van der Waals surface area contributed by atoms with Crippen molar-refractivity contribution in [2.75, 3.05) is 0 Å². The predicted octanol–water partition coefficient (Wildman–Crippen LogP) is 1.30. The van der Waals surface area contributed by atoms with Crippen molar-refractivity contribution in [1.29, 1.82) is 0 Å². The summed E-state index contributed by atoms with van der Waals surface area (Å²) in [5, 5.41) is 9.21. The zero-order valence-corrected chi connectivity index (χ0v) is 7.87. The van der Waals surface area contributed by atoms with Gasteiger partial charge < -0.3 is 19.4 Å². The molecule has 0 aliphatic carbocycles. The average Bonchev–Trinajstić information content (AvgIpc) is 2.29. The maximum absolute atomic E-state index is 10.6. The van der Waals surface area contributed by atoms with E-state index in [0.29, 0.717) is 18.6 Å². The highest BCUT2D eigenvalue weighted by Gasteiger charge is 2.29. The van der Waals surface area contributed by atoms with Gasteiger partial charge in [-0.15, -0.1) is 0 Å². The summed E-state index contributed by atoms with van der Waals surface area (Å²) in [4.78, 5) is 10.6. The molecule has 1 atom stereocenters. The molecular formula is C9H14O4. The van der Waals surface area contributed by atoms with Crippen LogP contribution >= 0.6 is 0 Å². The van der Waals surface area contributed by atoms with Gasteiger partial charge in [0.2, 0.25) is 0 Å². The summed E-state index contributed by atoms with van der Waals surface area (Å²) >= 11 is 0. The molecule has 0 aromatic carbocycles. The van der Waals surface area contributed by atoms with Crippen LogP contribution in [0.1, 0.15) is 33.1 Å². The van der Waals surface area contributed by atoms with Gasteiger partial charge in [0.05, 0.1) is 0 Å². The SMILES string of the molecule is CC(=O)CCCC1=COC(C)(O)O1. The van der Waals surface area contributed by atoms with Crippen LogP contribution < -0.4 is 0 Å². The smallest absolute Gasteiger partial charge is 0.365 e. The molecule has 0 fully saturated rings. The van der Waals surface area contributed by atoms with Crippen LogP contribution in [-0.2, 0) is 14.3 Å². The minimum atomic E-state index is -1.52. The minimum absolute atomic E-state index is 0.159. The second-order valence-corrected chi connectivity index (χ2v) is 3.26. The summed E-state index contributed by atoms with van der Waals surface area (Å²) < 4.78 is 9.81. The molecule has 0 saturated heterocycles. The molecule has 0 aromatic heterocycles. The Kier molecular flexibility index (Phi) is 2.93. The van der Waals surface area contributed by atoms with E-state index in [9.17, 15) is 9.90 Å². The standard InChI is InChI=1S/C9H14O4/c1-7(10)4-3-5-8-6-12-9(2,11)13-8/h6,11H,3-5H2,1-2H3. The van der Waals surface area contributed by atoms with Gasteiger partial charge in [-0.05, 0) is 13.3 Å². The Bertz CT molecular complexity index is 230. The van der Waals surface area contributed by atoms with Crippen LogP contribution in [0.25, 0.3) is 0 Å². The number of carbonyl (C=O) groups excluding carboxylic acids is 1. The number of carbonyl (C=O) groups is 1. The first-order chi connectivity index (χ1) is 5.99. The van der Waals surface area contributed by atoms with Gasteiger partial charge in [-0.1, -0.05) is 0 Å². The van der Waals surface area contributed by atoms with Crippen molar-refractivity contribution in [3.05, 3.63) is 12.0 Å². The Morgan fingerprint density at radius 3 is 2.85 bits per heavy atom. The van der Waals surface area contributed by atoms with Crippen molar-refractivity contribution >= 4 is 5.78 Å². The van der Waals surface area contributed by atoms with Crippen LogP contribution in [0.4, 0.5) is 0 Å². The second-order valence-electron chi connectivity index (χ2n) is 3.26. The molecule has 74 valence electrons. The van der Waals surface area contributed by atoms with E-state index in [-0.39, 0.29) is 5.78 Å². The third-order valence-electron chi connectivity index (χ3n) is 1.68. The fraction of sp³-hybridized carbons (Fsp3) is 0.667. The molecule has 1 aliphatic rings. The highest BCUT2D eigenvalue weighted by atomic mass is 16.8. The number of ether oxygens (including phenoxy) is 2. The van der Waals surface area contributed by atoms with Crippen LogP contribution in [0, 0.1) is 0 Å². The first kappa shape index (κ1) is 10.1. The van der Waals surface area contributed by atoms with E-state index in [0.717, 1.165) is 6.42 Å². The number of rotatable bonds is 4. The first-order valence-electron chi connectivity index (χ1n) is 4.27. The molecule has 1 heterocycles. The van der Waals surface area contributed by atoms with E-state index in [1.165, 1.54) is 13.2 Å². The van der Waals surface area contributed by atoms with Crippen molar-refractivity contribution in [3.8, 4) is 0 Å². The van der Waals surface area contributed by atoms with E-state index >= 15 is 0 Å². The quantitative estimate of drug-likeness (QED) is 0.719. The van der Waals surface area contributed by atoms with Gasteiger partial charge in [0.15, 0.2) is 0 Å². The van der Waals surface area contributed by atoms with Gasteiger partial charge in [0.1, 0.15) is 17.8 Å². The maximum atomic E-state index is 10.6. The summed E-state index contributed by atoms with van der Waals surface area (Å²) in [5.74, 6) is -0.775. The Labute approximate surface area is 77.1 Å². The molecule has 0 bridgehead atoms. The van der Waals surface area contributed by atoms with Crippen molar-refractivity contribution in [2.45, 2.75) is 39.1 Å². The van der Waals surface area contributed by atoms with Crippen LogP contribution in [0.15, 0.2) is 12.0 Å². The number of Topliss-reactive ketones (excluding diaryl/α,β-unsaturated/α-hetero) is 1. The first-order valence-corrected chi connectivity index (χ1v) is 4.27. The topological polar surface area (TPSA) is 55.8 Å². The Balaban J connectivity index is 2.21. The molecular weight excluding hydrogens is 172 g/mol. The van der Waals surface area contributed by atoms with Gasteiger partial charge in [-0.25, -0.2) is 0 Å². The largest absolute Gasteiger partial charge is 0.435 e. The zero-order valence-electron chi connectivity index (χ0n) is 7.87. The lowest BCUT2D eigenvalue weighted by Crippen LogP contribution is -2.24. The summed E-state index contributed by atoms with van der Waals surface area (Å²) in [6.45, 7) is 2.97. The van der Waals surface area contributed by atoms with E-state index in [1.54, 1.807) is 6.92 Å². The van der Waals surface area contributed by atoms with Gasteiger partial charge in [0, 0.05) is 19.8 Å². The third kappa shape index (κ3) is 3.46. The van der Waals surface area contributed by atoms with Gasteiger partial charge >= 0.3 is 5.97 Å². The highest BCUT2D eigenvalue weighted by Crippen LogP contribution is 2.25. The zero-order chi connectivity index (χ0) is 9.90. The molecule has 0 spiro atoms. The molecule has 0 amide bonds. The molecule has 0 saturated carbocycles.